The molecule has 7 nitrogen and oxygen atoms in total. The average Bonchev–Trinajstić information content (AvgIpc) is 3.45. The van der Waals surface area contributed by atoms with E-state index in [0.717, 1.165) is 11.4 Å². The summed E-state index contributed by atoms with van der Waals surface area (Å²) >= 11 is 11.8. The van der Waals surface area contributed by atoms with Crippen molar-refractivity contribution in [3.63, 3.8) is 0 Å². The van der Waals surface area contributed by atoms with Crippen molar-refractivity contribution in [2.75, 3.05) is 4.90 Å². The lowest BCUT2D eigenvalue weighted by atomic mass is 10.0. The van der Waals surface area contributed by atoms with Crippen LogP contribution in [0.5, 0.6) is 0 Å². The minimum atomic E-state index is -0.416. The van der Waals surface area contributed by atoms with Crippen LogP contribution in [-0.2, 0) is 0 Å². The lowest BCUT2D eigenvalue weighted by molar-refractivity contribution is -0.384. The van der Waals surface area contributed by atoms with Gasteiger partial charge in [0.1, 0.15) is 17.6 Å². The molecular formula is C24H17ClN4O3S. The molecule has 1 aliphatic rings. The van der Waals surface area contributed by atoms with Crippen LogP contribution in [0.1, 0.15) is 23.5 Å². The average molecular weight is 477 g/mol. The number of halogens is 1. The van der Waals surface area contributed by atoms with Crippen molar-refractivity contribution in [3.8, 4) is 11.3 Å². The summed E-state index contributed by atoms with van der Waals surface area (Å²) in [6.07, 6.45) is 1.73. The molecule has 1 aliphatic heterocycles. The molecule has 0 radical (unpaired) electrons. The van der Waals surface area contributed by atoms with Crippen LogP contribution in [0.4, 0.5) is 11.4 Å². The molecule has 3 heterocycles. The summed E-state index contributed by atoms with van der Waals surface area (Å²) in [5.41, 5.74) is 2.03. The Morgan fingerprint density at radius 1 is 1.03 bits per heavy atom. The van der Waals surface area contributed by atoms with Gasteiger partial charge >= 0.3 is 0 Å². The Morgan fingerprint density at radius 2 is 1.79 bits per heavy atom. The summed E-state index contributed by atoms with van der Waals surface area (Å²) < 4.78 is 6.22. The van der Waals surface area contributed by atoms with Gasteiger partial charge < -0.3 is 14.6 Å². The lowest BCUT2D eigenvalue weighted by Crippen LogP contribution is -2.29. The predicted octanol–water partition coefficient (Wildman–Crippen LogP) is 6.08. The standard InChI is InChI=1S/C24H17ClN4O3S/c25-15-8-10-16(11-9-15)28-23(22(27-24(28)33)18-6-3-4-14-26-18)21-13-12-20(32-21)17-5-1-2-7-19(17)29(30)31/h1-14,22-23H,(H,27,33)/t22-,23+/m1/s1. The second-order valence-electron chi connectivity index (χ2n) is 7.45. The lowest BCUT2D eigenvalue weighted by Gasteiger charge is -2.26. The number of thiocarbonyl (C=S) groups is 1. The van der Waals surface area contributed by atoms with Crippen molar-refractivity contribution in [3.05, 3.63) is 112 Å². The summed E-state index contributed by atoms with van der Waals surface area (Å²) in [5.74, 6) is 1.01. The van der Waals surface area contributed by atoms with Crippen LogP contribution in [0.2, 0.25) is 5.02 Å². The molecule has 0 bridgehead atoms. The summed E-state index contributed by atoms with van der Waals surface area (Å²) in [7, 11) is 0. The second kappa shape index (κ2) is 8.65. The topological polar surface area (TPSA) is 84.4 Å². The van der Waals surface area contributed by atoms with Gasteiger partial charge in [0, 0.05) is 23.0 Å². The summed E-state index contributed by atoms with van der Waals surface area (Å²) in [5, 5.41) is 16.0. The highest BCUT2D eigenvalue weighted by atomic mass is 35.5. The minimum Gasteiger partial charge on any atom is -0.459 e. The van der Waals surface area contributed by atoms with Crippen LogP contribution in [0.3, 0.4) is 0 Å². The molecule has 0 spiro atoms. The van der Waals surface area contributed by atoms with E-state index in [4.69, 9.17) is 28.2 Å². The molecule has 1 fully saturated rings. The summed E-state index contributed by atoms with van der Waals surface area (Å²) in [6, 6.07) is 22.5. The van der Waals surface area contributed by atoms with Gasteiger partial charge in [-0.2, -0.15) is 0 Å². The highest BCUT2D eigenvalue weighted by Crippen LogP contribution is 2.43. The van der Waals surface area contributed by atoms with Gasteiger partial charge in [0.2, 0.25) is 0 Å². The van der Waals surface area contributed by atoms with E-state index in [0.29, 0.717) is 27.2 Å². The van der Waals surface area contributed by atoms with Gasteiger partial charge in [-0.05, 0) is 66.8 Å². The van der Waals surface area contributed by atoms with Crippen molar-refractivity contribution in [2.24, 2.45) is 0 Å². The number of nitro groups is 1. The first kappa shape index (κ1) is 21.1. The fourth-order valence-electron chi connectivity index (χ4n) is 4.02. The number of hydrogen-bond donors (Lipinski definition) is 1. The molecule has 164 valence electrons. The molecule has 0 amide bonds. The molecule has 1 saturated heterocycles. The number of hydrogen-bond acceptors (Lipinski definition) is 5. The van der Waals surface area contributed by atoms with E-state index in [1.807, 2.05) is 41.3 Å². The van der Waals surface area contributed by atoms with Gasteiger partial charge in [-0.25, -0.2) is 0 Å². The zero-order valence-corrected chi connectivity index (χ0v) is 18.7. The highest BCUT2D eigenvalue weighted by molar-refractivity contribution is 7.80. The van der Waals surface area contributed by atoms with Crippen molar-refractivity contribution in [2.45, 2.75) is 12.1 Å². The minimum absolute atomic E-state index is 0.0192. The predicted molar refractivity (Wildman–Crippen MR) is 130 cm³/mol. The number of benzene rings is 2. The number of nitrogens with one attached hydrogen (secondary N) is 1. The van der Waals surface area contributed by atoms with E-state index in [2.05, 4.69) is 10.3 Å². The summed E-state index contributed by atoms with van der Waals surface area (Å²) in [6.45, 7) is 0. The Bertz CT molecular complexity index is 1330. The van der Waals surface area contributed by atoms with Gasteiger partial charge in [-0.3, -0.25) is 15.1 Å². The Hall–Kier alpha value is -3.75. The molecule has 2 atom stereocenters. The van der Waals surface area contributed by atoms with E-state index in [1.165, 1.54) is 6.07 Å². The molecule has 2 aromatic carbocycles. The van der Waals surface area contributed by atoms with Gasteiger partial charge in [-0.15, -0.1) is 0 Å². The van der Waals surface area contributed by atoms with Gasteiger partial charge in [-0.1, -0.05) is 29.8 Å². The summed E-state index contributed by atoms with van der Waals surface area (Å²) in [4.78, 5) is 17.6. The number of nitro benzene ring substituents is 1. The van der Waals surface area contributed by atoms with E-state index < -0.39 is 4.92 Å². The number of aromatic nitrogens is 1. The van der Waals surface area contributed by atoms with Crippen LogP contribution in [0, 0.1) is 10.1 Å². The molecule has 2 aromatic heterocycles. The first-order valence-corrected chi connectivity index (χ1v) is 10.9. The van der Waals surface area contributed by atoms with Crippen molar-refractivity contribution in [1.29, 1.82) is 0 Å². The Kier molecular flexibility index (Phi) is 5.53. The number of para-hydroxylation sites is 1. The number of nitrogens with zero attached hydrogens (tertiary/aromatic N) is 3. The maximum Gasteiger partial charge on any atom is 0.280 e. The van der Waals surface area contributed by atoms with Crippen LogP contribution >= 0.6 is 23.8 Å². The van der Waals surface area contributed by atoms with Gasteiger partial charge in [0.15, 0.2) is 5.11 Å². The molecule has 0 unspecified atom stereocenters. The number of pyridine rings is 1. The zero-order chi connectivity index (χ0) is 22.9. The third-order valence-corrected chi connectivity index (χ3v) is 6.05. The van der Waals surface area contributed by atoms with E-state index in [-0.39, 0.29) is 17.8 Å². The van der Waals surface area contributed by atoms with Crippen LogP contribution in [0.25, 0.3) is 11.3 Å². The van der Waals surface area contributed by atoms with E-state index in [1.54, 1.807) is 42.6 Å². The largest absolute Gasteiger partial charge is 0.459 e. The molecule has 9 heteroatoms. The monoisotopic (exact) mass is 476 g/mol. The zero-order valence-electron chi connectivity index (χ0n) is 17.1. The van der Waals surface area contributed by atoms with E-state index >= 15 is 0 Å². The normalized spacial score (nSPS) is 17.7. The third kappa shape index (κ3) is 3.94. The molecule has 0 aliphatic carbocycles. The first-order valence-electron chi connectivity index (χ1n) is 10.1. The number of anilines is 1. The number of rotatable bonds is 5. The van der Waals surface area contributed by atoms with Crippen LogP contribution in [-0.4, -0.2) is 15.0 Å². The Morgan fingerprint density at radius 3 is 2.52 bits per heavy atom. The smallest absolute Gasteiger partial charge is 0.280 e. The Labute approximate surface area is 199 Å². The van der Waals surface area contributed by atoms with Gasteiger partial charge in [0.25, 0.3) is 5.69 Å². The quantitative estimate of drug-likeness (QED) is 0.212. The first-order chi connectivity index (χ1) is 16.0. The van der Waals surface area contributed by atoms with Crippen LogP contribution in [0.15, 0.2) is 89.5 Å². The van der Waals surface area contributed by atoms with Gasteiger partial charge in [0.05, 0.1) is 22.2 Å². The molecular weight excluding hydrogens is 460 g/mol. The van der Waals surface area contributed by atoms with Crippen molar-refractivity contribution in [1.82, 2.24) is 10.3 Å². The molecule has 5 rings (SSSR count). The van der Waals surface area contributed by atoms with E-state index in [9.17, 15) is 10.1 Å². The fraction of sp³-hybridized carbons (Fsp3) is 0.0833. The molecule has 0 saturated carbocycles. The SMILES string of the molecule is O=[N+]([O-])c1ccccc1-c1ccc([C@H]2[C@@H](c3ccccn3)NC(=S)N2c2ccc(Cl)cc2)o1. The second-order valence-corrected chi connectivity index (χ2v) is 8.27. The molecule has 33 heavy (non-hydrogen) atoms. The Balaban J connectivity index is 1.61. The molecule has 4 aromatic rings. The van der Waals surface area contributed by atoms with Crippen molar-refractivity contribution >= 4 is 40.3 Å². The number of furan rings is 1. The maximum absolute atomic E-state index is 11.5. The maximum atomic E-state index is 11.5. The van der Waals surface area contributed by atoms with Crippen LogP contribution < -0.4 is 10.2 Å². The highest BCUT2D eigenvalue weighted by Gasteiger charge is 2.42. The third-order valence-electron chi connectivity index (χ3n) is 5.49. The fourth-order valence-corrected chi connectivity index (χ4v) is 4.49. The van der Waals surface area contributed by atoms with Crippen molar-refractivity contribution < 1.29 is 9.34 Å². The molecule has 1 N–H and O–H groups in total.